The van der Waals surface area contributed by atoms with Crippen LogP contribution < -0.4 is 4.90 Å². The summed E-state index contributed by atoms with van der Waals surface area (Å²) < 4.78 is 17.0. The molecule has 2 amide bonds. The van der Waals surface area contributed by atoms with Crippen LogP contribution in [0.25, 0.3) is 0 Å². The quantitative estimate of drug-likeness (QED) is 0.463. The number of ether oxygens (including phenoxy) is 3. The van der Waals surface area contributed by atoms with Crippen molar-refractivity contribution in [3.8, 4) is 11.8 Å². The first-order chi connectivity index (χ1) is 19.5. The van der Waals surface area contributed by atoms with Gasteiger partial charge in [-0.25, -0.2) is 9.59 Å². The topological polar surface area (TPSA) is 106 Å². The third-order valence-electron chi connectivity index (χ3n) is 8.65. The summed E-state index contributed by atoms with van der Waals surface area (Å²) in [5.74, 6) is 5.78. The number of hydrogen-bond acceptors (Lipinski definition) is 7. The molecule has 0 aromatic carbocycles. The first-order valence-corrected chi connectivity index (χ1v) is 15.7. The van der Waals surface area contributed by atoms with Gasteiger partial charge in [-0.05, 0) is 77.7 Å². The summed E-state index contributed by atoms with van der Waals surface area (Å²) in [5, 5.41) is 10.1. The highest BCUT2D eigenvalue weighted by Crippen LogP contribution is 2.38. The minimum absolute atomic E-state index is 0.0102. The summed E-state index contributed by atoms with van der Waals surface area (Å²) in [6.07, 6.45) is 4.52. The Hall–Kier alpha value is -2.61. The van der Waals surface area contributed by atoms with Gasteiger partial charge in [0.1, 0.15) is 11.0 Å². The summed E-state index contributed by atoms with van der Waals surface area (Å²) in [6.45, 7) is 10.0. The maximum Gasteiger partial charge on any atom is 0.410 e. The molecule has 10 heteroatoms. The third kappa shape index (κ3) is 6.90. The zero-order valence-corrected chi connectivity index (χ0v) is 25.3. The van der Waals surface area contributed by atoms with Gasteiger partial charge in [0.15, 0.2) is 6.29 Å². The third-order valence-corrected chi connectivity index (χ3v) is 9.68. The number of piperidine rings is 1. The molecule has 4 aliphatic rings. The molecule has 1 aromatic heterocycles. The van der Waals surface area contributed by atoms with E-state index < -0.39 is 5.97 Å². The van der Waals surface area contributed by atoms with Gasteiger partial charge in [-0.1, -0.05) is 18.8 Å². The van der Waals surface area contributed by atoms with E-state index in [4.69, 9.17) is 14.2 Å². The predicted molar refractivity (Wildman–Crippen MR) is 155 cm³/mol. The monoisotopic (exact) mass is 586 g/mol. The van der Waals surface area contributed by atoms with Crippen molar-refractivity contribution in [2.45, 2.75) is 91.1 Å². The first-order valence-electron chi connectivity index (χ1n) is 14.9. The number of nitrogens with zero attached hydrogens (tertiary/aromatic N) is 2. The van der Waals surface area contributed by atoms with Crippen LogP contribution >= 0.6 is 11.3 Å². The summed E-state index contributed by atoms with van der Waals surface area (Å²) in [7, 11) is 0. The van der Waals surface area contributed by atoms with E-state index in [1.165, 1.54) is 0 Å². The lowest BCUT2D eigenvalue weighted by Gasteiger charge is -2.40. The number of anilines is 1. The Kier molecular flexibility index (Phi) is 8.98. The molecule has 5 rings (SSSR count). The highest BCUT2D eigenvalue weighted by Gasteiger charge is 2.45. The molecule has 3 atom stereocenters. The number of carbonyl (C=O) groups excluding carboxylic acids is 2. The van der Waals surface area contributed by atoms with Crippen molar-refractivity contribution >= 4 is 35.0 Å². The molecule has 1 aromatic rings. The first kappa shape index (κ1) is 29.9. The largest absolute Gasteiger partial charge is 0.477 e. The number of aromatic carboxylic acids is 1. The number of carbonyl (C=O) groups is 3. The number of thiophene rings is 1. The number of hydrogen-bond donors (Lipinski definition) is 1. The molecular weight excluding hydrogens is 544 g/mol. The van der Waals surface area contributed by atoms with Crippen molar-refractivity contribution in [3.63, 3.8) is 0 Å². The van der Waals surface area contributed by atoms with Gasteiger partial charge in [0, 0.05) is 30.5 Å². The molecule has 41 heavy (non-hydrogen) atoms. The van der Waals surface area contributed by atoms with Gasteiger partial charge >= 0.3 is 12.1 Å². The number of fused-ring (bicyclic) bond motifs is 1. The summed E-state index contributed by atoms with van der Waals surface area (Å²) in [6, 6.07) is 1.56. The van der Waals surface area contributed by atoms with Crippen molar-refractivity contribution in [1.82, 2.24) is 4.90 Å². The Morgan fingerprint density at radius 3 is 2.44 bits per heavy atom. The van der Waals surface area contributed by atoms with Crippen LogP contribution in [0.3, 0.4) is 0 Å². The average molecular weight is 587 g/mol. The van der Waals surface area contributed by atoms with Crippen LogP contribution in [-0.2, 0) is 19.0 Å². The summed E-state index contributed by atoms with van der Waals surface area (Å²) >= 11 is 1.12. The molecule has 0 radical (unpaired) electrons. The molecule has 4 fully saturated rings. The van der Waals surface area contributed by atoms with Crippen molar-refractivity contribution < 1.29 is 33.7 Å². The molecule has 0 unspecified atom stereocenters. The Morgan fingerprint density at radius 1 is 1.07 bits per heavy atom. The standard InChI is InChI=1S/C31H42N2O7S/c1-19-5-7-20(8-6-19)27(34)33(24-17-22(9-13-31(2,3)4)41-26(24)28(35)36)21-10-14-32(15-11-21)30(37)40-25-18-39-29-23(25)12-16-38-29/h17,19-21,23,25,29H,5-8,10-12,14-16,18H2,1-4H3,(H,35,36)/t19-,20-,23-,25-,29+/m0/s1. The van der Waals surface area contributed by atoms with Gasteiger partial charge < -0.3 is 29.1 Å². The van der Waals surface area contributed by atoms with Crippen LogP contribution in [-0.4, -0.2) is 72.7 Å². The van der Waals surface area contributed by atoms with Crippen LogP contribution in [0.1, 0.15) is 87.2 Å². The van der Waals surface area contributed by atoms with E-state index in [1.54, 1.807) is 15.9 Å². The van der Waals surface area contributed by atoms with Gasteiger partial charge in [-0.3, -0.25) is 4.79 Å². The highest BCUT2D eigenvalue weighted by molar-refractivity contribution is 7.15. The second-order valence-corrected chi connectivity index (χ2v) is 14.0. The molecule has 3 saturated heterocycles. The van der Waals surface area contributed by atoms with E-state index in [1.807, 2.05) is 20.8 Å². The number of rotatable bonds is 5. The van der Waals surface area contributed by atoms with Crippen LogP contribution in [0.15, 0.2) is 6.07 Å². The van der Waals surface area contributed by atoms with Crippen molar-refractivity contribution in [3.05, 3.63) is 15.8 Å². The molecular formula is C31H42N2O7S. The zero-order valence-electron chi connectivity index (χ0n) is 24.5. The van der Waals surface area contributed by atoms with Crippen LogP contribution in [0.4, 0.5) is 10.5 Å². The van der Waals surface area contributed by atoms with Crippen molar-refractivity contribution in [2.75, 3.05) is 31.2 Å². The van der Waals surface area contributed by atoms with E-state index in [2.05, 4.69) is 18.8 Å². The normalized spacial score (nSPS) is 28.5. The smallest absolute Gasteiger partial charge is 0.410 e. The average Bonchev–Trinajstić information content (AvgIpc) is 3.66. The SMILES string of the molecule is CC(C)(C)C#Cc1cc(N(C(=O)[C@H]2CC[C@H](C)CC2)C2CCN(C(=O)O[C@H]3CO[C@H]4OCC[C@H]43)CC2)c(C(=O)O)s1. The minimum atomic E-state index is -1.06. The van der Waals surface area contributed by atoms with E-state index in [0.717, 1.165) is 43.4 Å². The fourth-order valence-corrected chi connectivity index (χ4v) is 7.12. The summed E-state index contributed by atoms with van der Waals surface area (Å²) in [5.41, 5.74) is 0.195. The number of likely N-dealkylation sites (tertiary alicyclic amines) is 1. The fourth-order valence-electron chi connectivity index (χ4n) is 6.28. The minimum Gasteiger partial charge on any atom is -0.477 e. The Balaban J connectivity index is 1.34. The number of carboxylic acid groups (broad SMARTS) is 1. The second kappa shape index (κ2) is 12.3. The predicted octanol–water partition coefficient (Wildman–Crippen LogP) is 5.37. The van der Waals surface area contributed by atoms with E-state index in [9.17, 15) is 19.5 Å². The molecule has 0 bridgehead atoms. The van der Waals surface area contributed by atoms with Gasteiger partial charge in [-0.15, -0.1) is 11.3 Å². The second-order valence-electron chi connectivity index (χ2n) is 13.0. The van der Waals surface area contributed by atoms with Crippen LogP contribution in [0, 0.1) is 35.0 Å². The van der Waals surface area contributed by atoms with Crippen LogP contribution in [0.2, 0.25) is 0 Å². The van der Waals surface area contributed by atoms with Crippen LogP contribution in [0.5, 0.6) is 0 Å². The summed E-state index contributed by atoms with van der Waals surface area (Å²) in [4.78, 5) is 43.8. The van der Waals surface area contributed by atoms with Gasteiger partial charge in [0.25, 0.3) is 0 Å². The van der Waals surface area contributed by atoms with E-state index in [-0.39, 0.29) is 52.6 Å². The molecule has 1 saturated carbocycles. The maximum atomic E-state index is 14.1. The fraction of sp³-hybridized carbons (Fsp3) is 0.710. The maximum absolute atomic E-state index is 14.1. The lowest BCUT2D eigenvalue weighted by molar-refractivity contribution is -0.124. The Labute approximate surface area is 246 Å². The van der Waals surface area contributed by atoms with Crippen molar-refractivity contribution in [2.24, 2.45) is 23.2 Å². The lowest BCUT2D eigenvalue weighted by Crippen LogP contribution is -2.51. The molecule has 1 aliphatic carbocycles. The van der Waals surface area contributed by atoms with E-state index in [0.29, 0.717) is 55.6 Å². The Bertz CT molecular complexity index is 1200. The zero-order chi connectivity index (χ0) is 29.3. The van der Waals surface area contributed by atoms with Crippen molar-refractivity contribution in [1.29, 1.82) is 0 Å². The lowest BCUT2D eigenvalue weighted by atomic mass is 9.82. The molecule has 0 spiro atoms. The molecule has 1 N–H and O–H groups in total. The van der Waals surface area contributed by atoms with Gasteiger partial charge in [-0.2, -0.15) is 0 Å². The Morgan fingerprint density at radius 2 is 1.78 bits per heavy atom. The number of carboxylic acids is 1. The molecule has 4 heterocycles. The molecule has 3 aliphatic heterocycles. The van der Waals surface area contributed by atoms with Gasteiger partial charge in [0.05, 0.1) is 29.7 Å². The molecule has 224 valence electrons. The number of amides is 2. The highest BCUT2D eigenvalue weighted by atomic mass is 32.1. The van der Waals surface area contributed by atoms with E-state index >= 15 is 0 Å². The van der Waals surface area contributed by atoms with Gasteiger partial charge in [0.2, 0.25) is 5.91 Å². The molecule has 9 nitrogen and oxygen atoms in total.